The minimum atomic E-state index is -0.500. The molecule has 2 aromatic heterocycles. The standard InChI is InChI=1S/C32H30Cl2N6O5/c1-19-7-10-22-5-4-6-26(32(22)38-19)45-18-23-24(33)11-12-25(31(23)34)40(3)30(44)17-37-28(42)14-9-21-8-13-27(36-15-21)39-29(43)16-35-20(2)41/h4-15H,16-18H2,1-3H3,(H,35,41)(H,37,42)(H,36,39,43)/b14-9+. The van der Waals surface area contributed by atoms with E-state index in [0.717, 1.165) is 16.6 Å². The van der Waals surface area contributed by atoms with E-state index in [1.807, 2.05) is 37.3 Å². The van der Waals surface area contributed by atoms with E-state index in [0.29, 0.717) is 27.6 Å². The minimum Gasteiger partial charge on any atom is -0.487 e. The average Bonchev–Trinajstić information content (AvgIpc) is 3.02. The van der Waals surface area contributed by atoms with Gasteiger partial charge < -0.3 is 25.6 Å². The number of likely N-dealkylation sites (N-methyl/N-ethyl adjacent to an activating group) is 1. The Morgan fingerprint density at radius 1 is 0.978 bits per heavy atom. The summed E-state index contributed by atoms with van der Waals surface area (Å²) in [7, 11) is 1.55. The Morgan fingerprint density at radius 3 is 2.51 bits per heavy atom. The van der Waals surface area contributed by atoms with Crippen LogP contribution in [0, 0.1) is 6.92 Å². The summed E-state index contributed by atoms with van der Waals surface area (Å²) in [5.41, 5.74) is 3.06. The van der Waals surface area contributed by atoms with Gasteiger partial charge in [0, 0.05) is 47.9 Å². The van der Waals surface area contributed by atoms with Gasteiger partial charge in [0.15, 0.2) is 0 Å². The van der Waals surface area contributed by atoms with Crippen molar-refractivity contribution in [1.82, 2.24) is 20.6 Å². The summed E-state index contributed by atoms with van der Waals surface area (Å²) in [6.45, 7) is 2.80. The number of halogens is 2. The number of nitrogens with one attached hydrogen (secondary N) is 3. The van der Waals surface area contributed by atoms with Crippen molar-refractivity contribution in [1.29, 1.82) is 0 Å². The van der Waals surface area contributed by atoms with E-state index >= 15 is 0 Å². The Morgan fingerprint density at radius 2 is 1.78 bits per heavy atom. The summed E-state index contributed by atoms with van der Waals surface area (Å²) in [4.78, 5) is 58.0. The Hall–Kier alpha value is -5.00. The number of carbonyl (C=O) groups excluding carboxylic acids is 4. The molecule has 0 spiro atoms. The highest BCUT2D eigenvalue weighted by Crippen LogP contribution is 2.35. The summed E-state index contributed by atoms with van der Waals surface area (Å²) in [5.74, 6) is -0.793. The Bertz CT molecular complexity index is 1780. The lowest BCUT2D eigenvalue weighted by Gasteiger charge is -2.21. The smallest absolute Gasteiger partial charge is 0.246 e. The second kappa shape index (κ2) is 15.1. The van der Waals surface area contributed by atoms with Crippen LogP contribution in [0.2, 0.25) is 10.0 Å². The van der Waals surface area contributed by atoms with Crippen LogP contribution in [0.5, 0.6) is 5.75 Å². The molecular weight excluding hydrogens is 619 g/mol. The number of rotatable bonds is 11. The number of fused-ring (bicyclic) bond motifs is 1. The molecule has 11 nitrogen and oxygen atoms in total. The molecular formula is C32H30Cl2N6O5. The van der Waals surface area contributed by atoms with Crippen molar-refractivity contribution >= 4 is 75.3 Å². The molecule has 0 aliphatic rings. The number of pyridine rings is 2. The van der Waals surface area contributed by atoms with Crippen LogP contribution in [-0.2, 0) is 25.8 Å². The maximum Gasteiger partial charge on any atom is 0.246 e. The molecule has 4 amide bonds. The summed E-state index contributed by atoms with van der Waals surface area (Å²) >= 11 is 13.1. The van der Waals surface area contributed by atoms with Gasteiger partial charge in [0.2, 0.25) is 23.6 Å². The molecule has 4 rings (SSSR count). The fourth-order valence-electron chi connectivity index (χ4n) is 4.08. The van der Waals surface area contributed by atoms with E-state index in [9.17, 15) is 19.2 Å². The highest BCUT2D eigenvalue weighted by Gasteiger charge is 2.19. The van der Waals surface area contributed by atoms with Crippen molar-refractivity contribution in [3.05, 3.63) is 93.7 Å². The first-order valence-electron chi connectivity index (χ1n) is 13.7. The summed E-state index contributed by atoms with van der Waals surface area (Å²) in [5, 5.41) is 9.04. The van der Waals surface area contributed by atoms with Gasteiger partial charge in [0.1, 0.15) is 23.7 Å². The first-order chi connectivity index (χ1) is 21.5. The number of hydrogen-bond acceptors (Lipinski definition) is 7. The lowest BCUT2D eigenvalue weighted by molar-refractivity contribution is -0.122. The Balaban J connectivity index is 1.33. The van der Waals surface area contributed by atoms with Gasteiger partial charge in [-0.2, -0.15) is 0 Å². The maximum atomic E-state index is 12.9. The number of para-hydroxylation sites is 1. The van der Waals surface area contributed by atoms with Crippen LogP contribution in [-0.4, -0.2) is 53.7 Å². The number of hydrogen-bond donors (Lipinski definition) is 3. The molecule has 0 saturated heterocycles. The largest absolute Gasteiger partial charge is 0.487 e. The number of aromatic nitrogens is 2. The van der Waals surface area contributed by atoms with E-state index in [4.69, 9.17) is 27.9 Å². The van der Waals surface area contributed by atoms with Crippen LogP contribution in [0.15, 0.2) is 66.9 Å². The van der Waals surface area contributed by atoms with Crippen molar-refractivity contribution < 1.29 is 23.9 Å². The number of ether oxygens (including phenoxy) is 1. The molecule has 4 aromatic rings. The highest BCUT2D eigenvalue weighted by molar-refractivity contribution is 6.38. The normalized spacial score (nSPS) is 10.9. The number of carbonyl (C=O) groups is 4. The fourth-order valence-corrected chi connectivity index (χ4v) is 4.68. The highest BCUT2D eigenvalue weighted by atomic mass is 35.5. The van der Waals surface area contributed by atoms with E-state index in [2.05, 4.69) is 25.9 Å². The quantitative estimate of drug-likeness (QED) is 0.200. The summed E-state index contributed by atoms with van der Waals surface area (Å²) in [6.07, 6.45) is 4.22. The maximum absolute atomic E-state index is 12.9. The van der Waals surface area contributed by atoms with Crippen LogP contribution < -0.4 is 25.6 Å². The molecule has 0 fully saturated rings. The third kappa shape index (κ3) is 9.01. The lowest BCUT2D eigenvalue weighted by Crippen LogP contribution is -2.37. The molecule has 0 radical (unpaired) electrons. The minimum absolute atomic E-state index is 0.0447. The number of anilines is 2. The van der Waals surface area contributed by atoms with Crippen molar-refractivity contribution in [3.8, 4) is 5.75 Å². The zero-order valence-corrected chi connectivity index (χ0v) is 26.2. The Labute approximate surface area is 269 Å². The number of benzene rings is 2. The molecule has 0 aliphatic heterocycles. The van der Waals surface area contributed by atoms with E-state index < -0.39 is 17.7 Å². The lowest BCUT2D eigenvalue weighted by atomic mass is 10.1. The van der Waals surface area contributed by atoms with Crippen molar-refractivity contribution in [2.45, 2.75) is 20.5 Å². The molecule has 0 saturated carbocycles. The molecule has 2 aromatic carbocycles. The second-order valence-corrected chi connectivity index (χ2v) is 10.7. The topological polar surface area (TPSA) is 143 Å². The second-order valence-electron chi connectivity index (χ2n) is 9.87. The monoisotopic (exact) mass is 648 g/mol. The van der Waals surface area contributed by atoms with Crippen LogP contribution in [0.1, 0.15) is 23.7 Å². The van der Waals surface area contributed by atoms with Gasteiger partial charge in [-0.1, -0.05) is 41.4 Å². The number of aryl methyl sites for hydroxylation is 1. The molecule has 13 heteroatoms. The average molecular weight is 650 g/mol. The third-order valence-corrected chi connectivity index (χ3v) is 7.26. The SMILES string of the molecule is CC(=O)NCC(=O)Nc1ccc(/C=C/C(=O)NCC(=O)N(C)c2ccc(Cl)c(COc3cccc4ccc(C)nc34)c2Cl)cn1. The summed E-state index contributed by atoms with van der Waals surface area (Å²) < 4.78 is 6.06. The van der Waals surface area contributed by atoms with Crippen LogP contribution in [0.25, 0.3) is 17.0 Å². The van der Waals surface area contributed by atoms with Crippen LogP contribution in [0.3, 0.4) is 0 Å². The number of amides is 4. The van der Waals surface area contributed by atoms with Gasteiger partial charge in [0.05, 0.1) is 23.8 Å². The molecule has 2 heterocycles. The summed E-state index contributed by atoms with van der Waals surface area (Å²) in [6, 6.07) is 16.0. The van der Waals surface area contributed by atoms with E-state index in [1.54, 1.807) is 31.3 Å². The van der Waals surface area contributed by atoms with E-state index in [1.165, 1.54) is 30.2 Å². The molecule has 0 aliphatic carbocycles. The van der Waals surface area contributed by atoms with Gasteiger partial charge >= 0.3 is 0 Å². The van der Waals surface area contributed by atoms with Crippen LogP contribution in [0.4, 0.5) is 11.5 Å². The Kier molecular flexibility index (Phi) is 11.1. The molecule has 3 N–H and O–H groups in total. The zero-order chi connectivity index (χ0) is 32.5. The fraction of sp³-hybridized carbons (Fsp3) is 0.188. The third-order valence-electron chi connectivity index (χ3n) is 6.49. The first-order valence-corrected chi connectivity index (χ1v) is 14.5. The molecule has 0 atom stereocenters. The molecule has 0 bridgehead atoms. The zero-order valence-electron chi connectivity index (χ0n) is 24.7. The molecule has 0 unspecified atom stereocenters. The van der Waals surface area contributed by atoms with Gasteiger partial charge in [-0.05, 0) is 55.0 Å². The van der Waals surface area contributed by atoms with Gasteiger partial charge in [-0.25, -0.2) is 9.97 Å². The first kappa shape index (κ1) is 32.9. The van der Waals surface area contributed by atoms with E-state index in [-0.39, 0.29) is 36.4 Å². The predicted molar refractivity (Wildman–Crippen MR) is 174 cm³/mol. The van der Waals surface area contributed by atoms with Crippen molar-refractivity contribution in [2.75, 3.05) is 30.4 Å². The van der Waals surface area contributed by atoms with Crippen molar-refractivity contribution in [2.24, 2.45) is 0 Å². The van der Waals surface area contributed by atoms with Gasteiger partial charge in [-0.15, -0.1) is 0 Å². The van der Waals surface area contributed by atoms with Crippen molar-refractivity contribution in [3.63, 3.8) is 0 Å². The number of nitrogens with zero attached hydrogens (tertiary/aromatic N) is 3. The van der Waals surface area contributed by atoms with Crippen LogP contribution >= 0.6 is 23.2 Å². The molecule has 232 valence electrons. The predicted octanol–water partition coefficient (Wildman–Crippen LogP) is 4.69. The van der Waals surface area contributed by atoms with Gasteiger partial charge in [-0.3, -0.25) is 19.2 Å². The van der Waals surface area contributed by atoms with Gasteiger partial charge in [0.25, 0.3) is 0 Å². The molecule has 45 heavy (non-hydrogen) atoms.